The van der Waals surface area contributed by atoms with E-state index in [4.69, 9.17) is 5.41 Å². The zero-order chi connectivity index (χ0) is 15.4. The van der Waals surface area contributed by atoms with E-state index in [0.29, 0.717) is 11.8 Å². The number of hydrogen-bond acceptors (Lipinski definition) is 1. The van der Waals surface area contributed by atoms with E-state index in [1.807, 2.05) is 35.2 Å². The monoisotopic (exact) mass is 280 g/mol. The Bertz CT molecular complexity index is 574. The van der Waals surface area contributed by atoms with Crippen LogP contribution in [0.3, 0.4) is 0 Å². The maximum absolute atomic E-state index is 7.91. The van der Waals surface area contributed by atoms with Crippen molar-refractivity contribution >= 4 is 17.7 Å². The van der Waals surface area contributed by atoms with Crippen molar-refractivity contribution in [3.63, 3.8) is 0 Å². The van der Waals surface area contributed by atoms with Gasteiger partial charge in [-0.15, -0.1) is 0 Å². The van der Waals surface area contributed by atoms with Crippen LogP contribution in [0.1, 0.15) is 50.7 Å². The summed E-state index contributed by atoms with van der Waals surface area (Å²) in [5.74, 6) is 0.842. The summed E-state index contributed by atoms with van der Waals surface area (Å²) in [6.45, 7) is 8.82. The van der Waals surface area contributed by atoms with Crippen molar-refractivity contribution in [3.8, 4) is 0 Å². The Hall–Kier alpha value is -2.09. The van der Waals surface area contributed by atoms with Crippen LogP contribution in [0.2, 0.25) is 0 Å². The first-order chi connectivity index (χ1) is 10.1. The third kappa shape index (κ3) is 3.15. The highest BCUT2D eigenvalue weighted by atomic mass is 15.1. The lowest BCUT2D eigenvalue weighted by atomic mass is 9.92. The largest absolute Gasteiger partial charge is 0.301 e. The Balaban J connectivity index is 2.66. The van der Waals surface area contributed by atoms with E-state index in [1.165, 1.54) is 17.5 Å². The molecule has 0 aliphatic heterocycles. The minimum Gasteiger partial charge on any atom is -0.301 e. The maximum Gasteiger partial charge on any atom is 0.0908 e. The average molecular weight is 280 g/mol. The van der Waals surface area contributed by atoms with Crippen LogP contribution >= 0.6 is 0 Å². The molecule has 0 unspecified atom stereocenters. The second kappa shape index (κ2) is 6.57. The third-order valence-corrected chi connectivity index (χ3v) is 3.75. The van der Waals surface area contributed by atoms with Crippen LogP contribution in [0, 0.1) is 5.41 Å². The molecule has 0 saturated carbocycles. The van der Waals surface area contributed by atoms with Gasteiger partial charge in [0.2, 0.25) is 0 Å². The first-order valence-electron chi connectivity index (χ1n) is 7.54. The van der Waals surface area contributed by atoms with Crippen molar-refractivity contribution in [3.05, 3.63) is 59.7 Å². The van der Waals surface area contributed by atoms with E-state index in [-0.39, 0.29) is 0 Å². The number of rotatable bonds is 5. The summed E-state index contributed by atoms with van der Waals surface area (Å²) in [4.78, 5) is 1.99. The lowest BCUT2D eigenvalue weighted by Crippen LogP contribution is -2.18. The minimum absolute atomic E-state index is 0.421. The van der Waals surface area contributed by atoms with Crippen molar-refractivity contribution < 1.29 is 0 Å². The lowest BCUT2D eigenvalue weighted by molar-refractivity contribution is 0.833. The number of anilines is 2. The minimum atomic E-state index is 0.421. The summed E-state index contributed by atoms with van der Waals surface area (Å²) in [6, 6.07) is 16.6. The van der Waals surface area contributed by atoms with Crippen LogP contribution in [0.4, 0.5) is 11.4 Å². The highest BCUT2D eigenvalue weighted by Crippen LogP contribution is 2.38. The Labute approximate surface area is 127 Å². The Morgan fingerprint density at radius 2 is 1.33 bits per heavy atom. The first kappa shape index (κ1) is 15.3. The van der Waals surface area contributed by atoms with E-state index in [2.05, 4.69) is 45.9 Å². The summed E-state index contributed by atoms with van der Waals surface area (Å²) >= 11 is 0. The maximum atomic E-state index is 7.91. The molecule has 0 bridgehead atoms. The number of hydrogen-bond donors (Lipinski definition) is 1. The van der Waals surface area contributed by atoms with E-state index in [9.17, 15) is 0 Å². The molecular formula is C19H24N2. The fourth-order valence-corrected chi connectivity index (χ4v) is 2.65. The summed E-state index contributed by atoms with van der Waals surface area (Å²) < 4.78 is 0. The zero-order valence-electron chi connectivity index (χ0n) is 13.3. The molecule has 0 fully saturated rings. The van der Waals surface area contributed by atoms with Crippen LogP contribution in [-0.2, 0) is 0 Å². The topological polar surface area (TPSA) is 27.1 Å². The van der Waals surface area contributed by atoms with E-state index in [1.54, 1.807) is 0 Å². The predicted molar refractivity (Wildman–Crippen MR) is 92.0 cm³/mol. The Morgan fingerprint density at radius 1 is 0.810 bits per heavy atom. The van der Waals surface area contributed by atoms with E-state index >= 15 is 0 Å². The van der Waals surface area contributed by atoms with Gasteiger partial charge in [0.15, 0.2) is 0 Å². The summed E-state index contributed by atoms with van der Waals surface area (Å²) in [5, 5.41) is 7.91. The van der Waals surface area contributed by atoms with E-state index in [0.717, 1.165) is 11.4 Å². The van der Waals surface area contributed by atoms with Gasteiger partial charge in [0.25, 0.3) is 0 Å². The molecule has 0 spiro atoms. The molecule has 2 nitrogen and oxygen atoms in total. The van der Waals surface area contributed by atoms with Gasteiger partial charge in [0.1, 0.15) is 0 Å². The third-order valence-electron chi connectivity index (χ3n) is 3.75. The van der Waals surface area contributed by atoms with Gasteiger partial charge in [-0.25, -0.2) is 0 Å². The standard InChI is InChI=1S/C19H24N2/c1-14(2)17-11-8-12-18(15(3)4)19(17)21(13-20)16-9-6-5-7-10-16/h5-15,20H,1-4H3. The molecule has 0 aliphatic rings. The van der Waals surface area contributed by atoms with Crippen LogP contribution in [0.15, 0.2) is 48.5 Å². The molecule has 2 rings (SSSR count). The van der Waals surface area contributed by atoms with Gasteiger partial charge in [-0.3, -0.25) is 5.41 Å². The number of benzene rings is 2. The molecule has 2 heteroatoms. The smallest absolute Gasteiger partial charge is 0.0908 e. The predicted octanol–water partition coefficient (Wildman–Crippen LogP) is 5.68. The molecular weight excluding hydrogens is 256 g/mol. The van der Waals surface area contributed by atoms with E-state index < -0.39 is 0 Å². The van der Waals surface area contributed by atoms with Gasteiger partial charge in [-0.1, -0.05) is 64.1 Å². The van der Waals surface area contributed by atoms with Gasteiger partial charge < -0.3 is 4.90 Å². The number of nitrogens with zero attached hydrogens (tertiary/aromatic N) is 1. The van der Waals surface area contributed by atoms with Crippen molar-refractivity contribution in [2.45, 2.75) is 39.5 Å². The summed E-state index contributed by atoms with van der Waals surface area (Å²) in [5.41, 5.74) is 4.76. The number of para-hydroxylation sites is 2. The molecule has 0 atom stereocenters. The molecule has 2 aromatic carbocycles. The molecule has 0 radical (unpaired) electrons. The normalized spacial score (nSPS) is 11.0. The summed E-state index contributed by atoms with van der Waals surface area (Å²) in [6.07, 6.45) is 1.42. The van der Waals surface area contributed by atoms with Gasteiger partial charge in [-0.05, 0) is 35.1 Å². The zero-order valence-corrected chi connectivity index (χ0v) is 13.3. The lowest BCUT2D eigenvalue weighted by Gasteiger charge is -2.28. The molecule has 0 aromatic heterocycles. The fraction of sp³-hybridized carbons (Fsp3) is 0.316. The highest BCUT2D eigenvalue weighted by molar-refractivity contribution is 5.90. The average Bonchev–Trinajstić information content (AvgIpc) is 2.48. The molecule has 21 heavy (non-hydrogen) atoms. The summed E-state index contributed by atoms with van der Waals surface area (Å²) in [7, 11) is 0. The Kier molecular flexibility index (Phi) is 4.79. The van der Waals surface area contributed by atoms with Crippen molar-refractivity contribution in [2.75, 3.05) is 4.90 Å². The van der Waals surface area contributed by atoms with Gasteiger partial charge >= 0.3 is 0 Å². The second-order valence-corrected chi connectivity index (χ2v) is 5.93. The van der Waals surface area contributed by atoms with Crippen LogP contribution in [0.25, 0.3) is 0 Å². The molecule has 0 aliphatic carbocycles. The molecule has 110 valence electrons. The van der Waals surface area contributed by atoms with Crippen LogP contribution < -0.4 is 4.90 Å². The van der Waals surface area contributed by atoms with Gasteiger partial charge in [0, 0.05) is 5.69 Å². The van der Waals surface area contributed by atoms with Crippen molar-refractivity contribution in [1.29, 1.82) is 5.41 Å². The van der Waals surface area contributed by atoms with Crippen LogP contribution in [-0.4, -0.2) is 6.34 Å². The fourth-order valence-electron chi connectivity index (χ4n) is 2.65. The molecule has 0 amide bonds. The van der Waals surface area contributed by atoms with Gasteiger partial charge in [0.05, 0.1) is 12.0 Å². The molecule has 2 aromatic rings. The first-order valence-corrected chi connectivity index (χ1v) is 7.54. The SMILES string of the molecule is CC(C)c1cccc(C(C)C)c1N(C=N)c1ccccc1. The molecule has 0 heterocycles. The van der Waals surface area contributed by atoms with Crippen LogP contribution in [0.5, 0.6) is 0 Å². The second-order valence-electron chi connectivity index (χ2n) is 5.93. The number of nitrogens with one attached hydrogen (secondary N) is 1. The van der Waals surface area contributed by atoms with Crippen molar-refractivity contribution in [1.82, 2.24) is 0 Å². The quantitative estimate of drug-likeness (QED) is 0.553. The Morgan fingerprint density at radius 3 is 1.76 bits per heavy atom. The highest BCUT2D eigenvalue weighted by Gasteiger charge is 2.19. The molecule has 0 saturated heterocycles. The molecule has 1 N–H and O–H groups in total. The van der Waals surface area contributed by atoms with Crippen molar-refractivity contribution in [2.24, 2.45) is 0 Å². The van der Waals surface area contributed by atoms with Gasteiger partial charge in [-0.2, -0.15) is 0 Å².